The zero-order valence-electron chi connectivity index (χ0n) is 13.5. The summed E-state index contributed by atoms with van der Waals surface area (Å²) >= 11 is 0. The Morgan fingerprint density at radius 1 is 1.36 bits per heavy atom. The van der Waals surface area contributed by atoms with Gasteiger partial charge in [0.2, 0.25) is 0 Å². The molecule has 1 heterocycles. The summed E-state index contributed by atoms with van der Waals surface area (Å²) in [6.07, 6.45) is 1.40. The summed E-state index contributed by atoms with van der Waals surface area (Å²) in [6.45, 7) is 8.45. The average Bonchev–Trinajstić information content (AvgIpc) is 3.07. The van der Waals surface area contributed by atoms with Crippen molar-refractivity contribution in [3.63, 3.8) is 0 Å². The van der Waals surface area contributed by atoms with Crippen LogP contribution in [-0.2, 0) is 9.53 Å². The number of anilines is 1. The van der Waals surface area contributed by atoms with Gasteiger partial charge in [-0.05, 0) is 38.1 Å². The third-order valence-corrected chi connectivity index (χ3v) is 3.93. The van der Waals surface area contributed by atoms with Crippen LogP contribution in [0.15, 0.2) is 24.3 Å². The van der Waals surface area contributed by atoms with E-state index < -0.39 is 0 Å². The van der Waals surface area contributed by atoms with E-state index in [0.29, 0.717) is 24.7 Å². The minimum atomic E-state index is -0.330. The molecule has 122 valence electrons. The van der Waals surface area contributed by atoms with Crippen LogP contribution in [0.2, 0.25) is 0 Å². The molecule has 2 rings (SSSR count). The Labute approximate surface area is 132 Å². The summed E-state index contributed by atoms with van der Waals surface area (Å²) in [6, 6.07) is 7.55. The van der Waals surface area contributed by atoms with E-state index in [-0.39, 0.29) is 12.0 Å². The SMILES string of the molecule is CCN(CC)CCOc1ccccc1NC(=O)C1CCCO1. The second-order valence-electron chi connectivity index (χ2n) is 5.36. The molecular weight excluding hydrogens is 280 g/mol. The minimum absolute atomic E-state index is 0.0858. The van der Waals surface area contributed by atoms with Gasteiger partial charge in [0.15, 0.2) is 0 Å². The van der Waals surface area contributed by atoms with Gasteiger partial charge in [0.1, 0.15) is 18.5 Å². The normalized spacial score (nSPS) is 17.7. The Balaban J connectivity index is 1.90. The Hall–Kier alpha value is -1.59. The first-order valence-electron chi connectivity index (χ1n) is 8.11. The fourth-order valence-electron chi connectivity index (χ4n) is 2.52. The van der Waals surface area contributed by atoms with E-state index in [4.69, 9.17) is 9.47 Å². The van der Waals surface area contributed by atoms with Crippen molar-refractivity contribution >= 4 is 11.6 Å². The van der Waals surface area contributed by atoms with Crippen molar-refractivity contribution in [3.05, 3.63) is 24.3 Å². The highest BCUT2D eigenvalue weighted by Gasteiger charge is 2.24. The molecule has 1 aliphatic rings. The third-order valence-electron chi connectivity index (χ3n) is 3.93. The standard InChI is InChI=1S/C17H26N2O3/c1-3-19(4-2)11-13-22-15-9-6-5-8-14(15)18-17(20)16-10-7-12-21-16/h5-6,8-9,16H,3-4,7,10-13H2,1-2H3,(H,18,20). The largest absolute Gasteiger partial charge is 0.490 e. The van der Waals surface area contributed by atoms with E-state index in [2.05, 4.69) is 24.1 Å². The molecule has 1 fully saturated rings. The highest BCUT2D eigenvalue weighted by Crippen LogP contribution is 2.25. The van der Waals surface area contributed by atoms with Crippen molar-refractivity contribution in [3.8, 4) is 5.75 Å². The van der Waals surface area contributed by atoms with Crippen LogP contribution in [0.1, 0.15) is 26.7 Å². The van der Waals surface area contributed by atoms with Crippen molar-refractivity contribution in [1.82, 2.24) is 4.90 Å². The lowest BCUT2D eigenvalue weighted by Gasteiger charge is -2.19. The summed E-state index contributed by atoms with van der Waals surface area (Å²) in [4.78, 5) is 14.4. The molecule has 0 spiro atoms. The maximum absolute atomic E-state index is 12.1. The number of amides is 1. The highest BCUT2D eigenvalue weighted by atomic mass is 16.5. The number of likely N-dealkylation sites (N-methyl/N-ethyl adjacent to an activating group) is 1. The van der Waals surface area contributed by atoms with Crippen LogP contribution >= 0.6 is 0 Å². The molecule has 0 aliphatic carbocycles. The second-order valence-corrected chi connectivity index (χ2v) is 5.36. The summed E-state index contributed by atoms with van der Waals surface area (Å²) < 4.78 is 11.2. The molecule has 1 amide bonds. The summed E-state index contributed by atoms with van der Waals surface area (Å²) in [5.74, 6) is 0.623. The zero-order chi connectivity index (χ0) is 15.8. The molecule has 0 bridgehead atoms. The lowest BCUT2D eigenvalue weighted by Crippen LogP contribution is -2.29. The quantitative estimate of drug-likeness (QED) is 0.802. The molecule has 0 radical (unpaired) electrons. The molecular formula is C17H26N2O3. The highest BCUT2D eigenvalue weighted by molar-refractivity contribution is 5.95. The van der Waals surface area contributed by atoms with E-state index in [9.17, 15) is 4.79 Å². The maximum atomic E-state index is 12.1. The fourth-order valence-corrected chi connectivity index (χ4v) is 2.52. The van der Waals surface area contributed by atoms with Crippen LogP contribution < -0.4 is 10.1 Å². The van der Waals surface area contributed by atoms with Crippen LogP contribution in [-0.4, -0.2) is 49.8 Å². The molecule has 1 N–H and O–H groups in total. The number of hydrogen-bond donors (Lipinski definition) is 1. The van der Waals surface area contributed by atoms with Gasteiger partial charge in [0.25, 0.3) is 5.91 Å². The van der Waals surface area contributed by atoms with Crippen molar-refractivity contribution < 1.29 is 14.3 Å². The number of para-hydroxylation sites is 2. The molecule has 1 aromatic carbocycles. The lowest BCUT2D eigenvalue weighted by molar-refractivity contribution is -0.124. The lowest BCUT2D eigenvalue weighted by atomic mass is 10.2. The number of carbonyl (C=O) groups excluding carboxylic acids is 1. The first kappa shape index (κ1) is 16.8. The monoisotopic (exact) mass is 306 g/mol. The van der Waals surface area contributed by atoms with Gasteiger partial charge in [-0.1, -0.05) is 26.0 Å². The number of hydrogen-bond acceptors (Lipinski definition) is 4. The van der Waals surface area contributed by atoms with Gasteiger partial charge in [0.05, 0.1) is 5.69 Å². The number of nitrogens with one attached hydrogen (secondary N) is 1. The number of nitrogens with zero attached hydrogens (tertiary/aromatic N) is 1. The van der Waals surface area contributed by atoms with Crippen LogP contribution in [0, 0.1) is 0 Å². The minimum Gasteiger partial charge on any atom is -0.490 e. The molecule has 0 aromatic heterocycles. The molecule has 5 heteroatoms. The van der Waals surface area contributed by atoms with Gasteiger partial charge in [-0.2, -0.15) is 0 Å². The maximum Gasteiger partial charge on any atom is 0.253 e. The van der Waals surface area contributed by atoms with Crippen LogP contribution in [0.4, 0.5) is 5.69 Å². The molecule has 1 aromatic rings. The molecule has 1 unspecified atom stereocenters. The van der Waals surface area contributed by atoms with Gasteiger partial charge in [-0.15, -0.1) is 0 Å². The van der Waals surface area contributed by atoms with E-state index in [0.717, 1.165) is 32.5 Å². The Morgan fingerprint density at radius 2 is 2.14 bits per heavy atom. The molecule has 5 nitrogen and oxygen atoms in total. The van der Waals surface area contributed by atoms with E-state index in [1.165, 1.54) is 0 Å². The first-order valence-corrected chi connectivity index (χ1v) is 8.11. The van der Waals surface area contributed by atoms with Crippen molar-refractivity contribution in [2.75, 3.05) is 38.2 Å². The molecule has 0 saturated carbocycles. The van der Waals surface area contributed by atoms with Gasteiger partial charge in [-0.3, -0.25) is 4.79 Å². The van der Waals surface area contributed by atoms with Crippen molar-refractivity contribution in [1.29, 1.82) is 0 Å². The van der Waals surface area contributed by atoms with Crippen LogP contribution in [0.3, 0.4) is 0 Å². The number of ether oxygens (including phenoxy) is 2. The third kappa shape index (κ3) is 4.71. The zero-order valence-corrected chi connectivity index (χ0v) is 13.5. The Bertz CT molecular complexity index is 469. The smallest absolute Gasteiger partial charge is 0.253 e. The summed E-state index contributed by atoms with van der Waals surface area (Å²) in [7, 11) is 0. The topological polar surface area (TPSA) is 50.8 Å². The van der Waals surface area contributed by atoms with Crippen LogP contribution in [0.25, 0.3) is 0 Å². The van der Waals surface area contributed by atoms with Gasteiger partial charge in [-0.25, -0.2) is 0 Å². The fraction of sp³-hybridized carbons (Fsp3) is 0.588. The predicted octanol–water partition coefficient (Wildman–Crippen LogP) is 2.52. The van der Waals surface area contributed by atoms with Gasteiger partial charge >= 0.3 is 0 Å². The van der Waals surface area contributed by atoms with E-state index in [1.54, 1.807) is 0 Å². The van der Waals surface area contributed by atoms with Crippen LogP contribution in [0.5, 0.6) is 5.75 Å². The summed E-state index contributed by atoms with van der Waals surface area (Å²) in [5.41, 5.74) is 0.711. The molecule has 1 aliphatic heterocycles. The number of benzene rings is 1. The van der Waals surface area contributed by atoms with Crippen molar-refractivity contribution in [2.24, 2.45) is 0 Å². The van der Waals surface area contributed by atoms with Crippen molar-refractivity contribution in [2.45, 2.75) is 32.8 Å². The summed E-state index contributed by atoms with van der Waals surface area (Å²) in [5, 5.41) is 2.92. The average molecular weight is 306 g/mol. The van der Waals surface area contributed by atoms with E-state index >= 15 is 0 Å². The molecule has 22 heavy (non-hydrogen) atoms. The second kappa shape index (κ2) is 8.76. The molecule has 1 saturated heterocycles. The number of rotatable bonds is 8. The first-order chi connectivity index (χ1) is 10.7. The Kier molecular flexibility index (Phi) is 6.68. The predicted molar refractivity (Wildman–Crippen MR) is 87.3 cm³/mol. The number of carbonyl (C=O) groups is 1. The van der Waals surface area contributed by atoms with Gasteiger partial charge in [0, 0.05) is 13.2 Å². The Morgan fingerprint density at radius 3 is 2.82 bits per heavy atom. The molecule has 1 atom stereocenters. The van der Waals surface area contributed by atoms with E-state index in [1.807, 2.05) is 24.3 Å². The van der Waals surface area contributed by atoms with Gasteiger partial charge < -0.3 is 19.7 Å².